The van der Waals surface area contributed by atoms with Gasteiger partial charge < -0.3 is 4.74 Å². The van der Waals surface area contributed by atoms with Crippen molar-refractivity contribution in [3.63, 3.8) is 0 Å². The highest BCUT2D eigenvalue weighted by Gasteiger charge is 2.13. The van der Waals surface area contributed by atoms with Gasteiger partial charge in [-0.2, -0.15) is 11.3 Å². The van der Waals surface area contributed by atoms with Crippen molar-refractivity contribution in [1.82, 2.24) is 15.2 Å². The number of rotatable bonds is 4. The molecule has 0 spiro atoms. The van der Waals surface area contributed by atoms with Crippen molar-refractivity contribution < 1.29 is 9.53 Å². The van der Waals surface area contributed by atoms with Crippen molar-refractivity contribution in [3.05, 3.63) is 34.0 Å². The molecule has 2 rings (SSSR count). The zero-order chi connectivity index (χ0) is 11.4. The summed E-state index contributed by atoms with van der Waals surface area (Å²) in [6.07, 6.45) is 0.649. The Bertz CT molecular complexity index is 464. The van der Waals surface area contributed by atoms with Crippen LogP contribution in [0.5, 0.6) is 0 Å². The van der Waals surface area contributed by atoms with Gasteiger partial charge in [0.25, 0.3) is 5.82 Å². The summed E-state index contributed by atoms with van der Waals surface area (Å²) in [5, 5.41) is 10.6. The molecular weight excluding hydrogens is 226 g/mol. The molecule has 16 heavy (non-hydrogen) atoms. The van der Waals surface area contributed by atoms with E-state index < -0.39 is 5.97 Å². The third-order valence-electron chi connectivity index (χ3n) is 1.94. The van der Waals surface area contributed by atoms with E-state index in [2.05, 4.69) is 15.2 Å². The Labute approximate surface area is 96.5 Å². The number of nitrogens with zero attached hydrogens (tertiary/aromatic N) is 2. The first kappa shape index (κ1) is 10.8. The van der Waals surface area contributed by atoms with Crippen LogP contribution < -0.4 is 0 Å². The SMILES string of the molecule is CCOC(=O)c1n[nH]c(Cc2ccsc2)n1. The zero-order valence-corrected chi connectivity index (χ0v) is 9.58. The number of hydrogen-bond acceptors (Lipinski definition) is 5. The summed E-state index contributed by atoms with van der Waals surface area (Å²) >= 11 is 1.63. The number of thiophene rings is 1. The molecule has 2 heterocycles. The lowest BCUT2D eigenvalue weighted by Crippen LogP contribution is -2.06. The Balaban J connectivity index is 2.05. The molecule has 0 unspecified atom stereocenters. The summed E-state index contributed by atoms with van der Waals surface area (Å²) in [4.78, 5) is 15.4. The summed E-state index contributed by atoms with van der Waals surface area (Å²) < 4.78 is 4.79. The van der Waals surface area contributed by atoms with E-state index in [9.17, 15) is 4.79 Å². The number of nitrogens with one attached hydrogen (secondary N) is 1. The molecule has 0 aliphatic heterocycles. The number of esters is 1. The predicted octanol–water partition coefficient (Wildman–Crippen LogP) is 1.63. The molecule has 0 saturated carbocycles. The molecule has 2 aromatic heterocycles. The van der Waals surface area contributed by atoms with Gasteiger partial charge in [-0.15, -0.1) is 5.10 Å². The highest BCUT2D eigenvalue weighted by molar-refractivity contribution is 7.07. The third kappa shape index (κ3) is 2.46. The van der Waals surface area contributed by atoms with Crippen LogP contribution in [0, 0.1) is 0 Å². The molecule has 84 valence electrons. The summed E-state index contributed by atoms with van der Waals surface area (Å²) in [7, 11) is 0. The van der Waals surface area contributed by atoms with Crippen LogP contribution in [0.1, 0.15) is 28.9 Å². The van der Waals surface area contributed by atoms with E-state index in [1.165, 1.54) is 0 Å². The zero-order valence-electron chi connectivity index (χ0n) is 8.77. The van der Waals surface area contributed by atoms with Gasteiger partial charge in [0, 0.05) is 6.42 Å². The molecule has 0 amide bonds. The predicted molar refractivity (Wildman–Crippen MR) is 59.5 cm³/mol. The Kier molecular flexibility index (Phi) is 3.31. The average Bonchev–Trinajstić information content (AvgIpc) is 2.90. The van der Waals surface area contributed by atoms with Gasteiger partial charge >= 0.3 is 5.97 Å². The normalized spacial score (nSPS) is 10.3. The van der Waals surface area contributed by atoms with Gasteiger partial charge in [-0.3, -0.25) is 5.10 Å². The summed E-state index contributed by atoms with van der Waals surface area (Å²) in [5.74, 6) is 0.267. The lowest BCUT2D eigenvalue weighted by molar-refractivity contribution is 0.0512. The third-order valence-corrected chi connectivity index (χ3v) is 2.67. The number of aromatic nitrogens is 3. The van der Waals surface area contributed by atoms with Crippen LogP contribution in [0.2, 0.25) is 0 Å². The second kappa shape index (κ2) is 4.89. The number of ether oxygens (including phenoxy) is 1. The van der Waals surface area contributed by atoms with E-state index in [1.54, 1.807) is 18.3 Å². The van der Waals surface area contributed by atoms with E-state index in [-0.39, 0.29) is 5.82 Å². The van der Waals surface area contributed by atoms with E-state index in [0.29, 0.717) is 18.9 Å². The molecule has 6 heteroatoms. The van der Waals surface area contributed by atoms with Crippen LogP contribution in [-0.4, -0.2) is 27.8 Å². The van der Waals surface area contributed by atoms with Crippen molar-refractivity contribution in [2.45, 2.75) is 13.3 Å². The fraction of sp³-hybridized carbons (Fsp3) is 0.300. The number of carbonyl (C=O) groups is 1. The van der Waals surface area contributed by atoms with Crippen LogP contribution in [-0.2, 0) is 11.2 Å². The van der Waals surface area contributed by atoms with Crippen molar-refractivity contribution in [3.8, 4) is 0 Å². The lowest BCUT2D eigenvalue weighted by Gasteiger charge is -1.94. The molecule has 0 aliphatic rings. The molecule has 0 atom stereocenters. The number of H-pyrrole nitrogens is 1. The van der Waals surface area contributed by atoms with E-state index in [0.717, 1.165) is 5.56 Å². The van der Waals surface area contributed by atoms with Gasteiger partial charge in [0.1, 0.15) is 5.82 Å². The fourth-order valence-corrected chi connectivity index (χ4v) is 1.92. The molecule has 1 N–H and O–H groups in total. The molecule has 2 aromatic rings. The molecular formula is C10H11N3O2S. The van der Waals surface area contributed by atoms with Gasteiger partial charge in [0.05, 0.1) is 6.61 Å². The summed E-state index contributed by atoms with van der Waals surface area (Å²) in [6.45, 7) is 2.07. The van der Waals surface area contributed by atoms with E-state index in [1.807, 2.05) is 16.8 Å². The maximum absolute atomic E-state index is 11.3. The summed E-state index contributed by atoms with van der Waals surface area (Å²) in [6, 6.07) is 2.01. The fourth-order valence-electron chi connectivity index (χ4n) is 1.25. The van der Waals surface area contributed by atoms with Gasteiger partial charge in [-0.25, -0.2) is 9.78 Å². The minimum absolute atomic E-state index is 0.0899. The monoisotopic (exact) mass is 237 g/mol. The minimum Gasteiger partial charge on any atom is -0.460 e. The Morgan fingerprint density at radius 3 is 3.19 bits per heavy atom. The Hall–Kier alpha value is -1.69. The number of hydrogen-bond donors (Lipinski definition) is 1. The summed E-state index contributed by atoms with van der Waals surface area (Å²) in [5.41, 5.74) is 1.15. The van der Waals surface area contributed by atoms with Crippen molar-refractivity contribution in [1.29, 1.82) is 0 Å². The van der Waals surface area contributed by atoms with Gasteiger partial charge in [0.2, 0.25) is 0 Å². The number of aromatic amines is 1. The van der Waals surface area contributed by atoms with Gasteiger partial charge in [-0.05, 0) is 29.3 Å². The average molecular weight is 237 g/mol. The van der Waals surface area contributed by atoms with Crippen LogP contribution in [0.3, 0.4) is 0 Å². The van der Waals surface area contributed by atoms with Crippen molar-refractivity contribution in [2.24, 2.45) is 0 Å². The molecule has 0 saturated heterocycles. The maximum atomic E-state index is 11.3. The molecule has 0 aromatic carbocycles. The first-order valence-electron chi connectivity index (χ1n) is 4.89. The highest BCUT2D eigenvalue weighted by atomic mass is 32.1. The van der Waals surface area contributed by atoms with Crippen molar-refractivity contribution >= 4 is 17.3 Å². The highest BCUT2D eigenvalue weighted by Crippen LogP contribution is 2.09. The lowest BCUT2D eigenvalue weighted by atomic mass is 10.2. The quantitative estimate of drug-likeness (QED) is 0.821. The topological polar surface area (TPSA) is 67.9 Å². The van der Waals surface area contributed by atoms with E-state index >= 15 is 0 Å². The minimum atomic E-state index is -0.490. The first-order valence-corrected chi connectivity index (χ1v) is 5.83. The van der Waals surface area contributed by atoms with Crippen LogP contribution in [0.25, 0.3) is 0 Å². The standard InChI is InChI=1S/C10H11N3O2S/c1-2-15-10(14)9-11-8(12-13-9)5-7-3-4-16-6-7/h3-4,6H,2,5H2,1H3,(H,11,12,13). The molecule has 0 radical (unpaired) electrons. The second-order valence-corrected chi connectivity index (χ2v) is 3.91. The molecule has 5 nitrogen and oxygen atoms in total. The Morgan fingerprint density at radius 2 is 2.50 bits per heavy atom. The van der Waals surface area contributed by atoms with Crippen LogP contribution >= 0.6 is 11.3 Å². The Morgan fingerprint density at radius 1 is 1.62 bits per heavy atom. The van der Waals surface area contributed by atoms with Crippen LogP contribution in [0.15, 0.2) is 16.8 Å². The van der Waals surface area contributed by atoms with Gasteiger partial charge in [-0.1, -0.05) is 0 Å². The van der Waals surface area contributed by atoms with Crippen molar-refractivity contribution in [2.75, 3.05) is 6.61 Å². The molecule has 0 bridgehead atoms. The van der Waals surface area contributed by atoms with E-state index in [4.69, 9.17) is 4.74 Å². The van der Waals surface area contributed by atoms with Crippen LogP contribution in [0.4, 0.5) is 0 Å². The molecule has 0 fully saturated rings. The maximum Gasteiger partial charge on any atom is 0.378 e. The first-order chi connectivity index (χ1) is 7.79. The molecule has 0 aliphatic carbocycles. The smallest absolute Gasteiger partial charge is 0.378 e. The van der Waals surface area contributed by atoms with Gasteiger partial charge in [0.15, 0.2) is 0 Å². The second-order valence-electron chi connectivity index (χ2n) is 3.13. The number of carbonyl (C=O) groups excluding carboxylic acids is 1. The largest absolute Gasteiger partial charge is 0.460 e.